The molecule has 1 saturated heterocycles. The molecule has 1 heterocycles. The number of likely N-dealkylation sites (tertiary alicyclic amines) is 1. The molecule has 132 valence electrons. The van der Waals surface area contributed by atoms with Crippen molar-refractivity contribution in [3.8, 4) is 0 Å². The highest BCUT2D eigenvalue weighted by atomic mass is 16.6. The van der Waals surface area contributed by atoms with Crippen molar-refractivity contribution in [2.45, 2.75) is 64.8 Å². The zero-order chi connectivity index (χ0) is 16.7. The molecule has 2 rings (SSSR count). The lowest BCUT2D eigenvalue weighted by atomic mass is 9.84. The number of hydrogen-bond donors (Lipinski definition) is 2. The summed E-state index contributed by atoms with van der Waals surface area (Å²) in [5, 5.41) is 3.32. The van der Waals surface area contributed by atoms with E-state index in [1.807, 2.05) is 6.92 Å². The van der Waals surface area contributed by atoms with Crippen molar-refractivity contribution in [1.82, 2.24) is 10.2 Å². The minimum Gasteiger partial charge on any atom is -0.450 e. The fraction of sp³-hybridized carbons (Fsp3) is 0.882. The Morgan fingerprint density at radius 1 is 1.30 bits per heavy atom. The van der Waals surface area contributed by atoms with Gasteiger partial charge in [-0.3, -0.25) is 4.99 Å². The Kier molecular flexibility index (Phi) is 6.54. The molecule has 0 atom stereocenters. The first kappa shape index (κ1) is 17.9. The van der Waals surface area contributed by atoms with Crippen LogP contribution in [0.4, 0.5) is 4.79 Å². The lowest BCUT2D eigenvalue weighted by Gasteiger charge is -2.32. The summed E-state index contributed by atoms with van der Waals surface area (Å²) in [5.41, 5.74) is 6.45. The maximum absolute atomic E-state index is 11.7. The van der Waals surface area contributed by atoms with Gasteiger partial charge in [-0.1, -0.05) is 19.8 Å². The number of ether oxygens (including phenoxy) is 1. The molecule has 6 heteroatoms. The quantitative estimate of drug-likeness (QED) is 0.601. The van der Waals surface area contributed by atoms with E-state index >= 15 is 0 Å². The van der Waals surface area contributed by atoms with Gasteiger partial charge in [0.25, 0.3) is 0 Å². The summed E-state index contributed by atoms with van der Waals surface area (Å²) in [6.07, 6.45) is 7.94. The lowest BCUT2D eigenvalue weighted by molar-refractivity contribution is 0.0963. The number of nitrogens with two attached hydrogens (primary N) is 1. The maximum atomic E-state index is 11.7. The Morgan fingerprint density at radius 3 is 2.52 bits per heavy atom. The highest BCUT2D eigenvalue weighted by Gasteiger charge is 2.31. The van der Waals surface area contributed by atoms with Crippen LogP contribution in [0.1, 0.15) is 58.8 Å². The molecule has 3 N–H and O–H groups in total. The molecule has 1 saturated carbocycles. The second-order valence-corrected chi connectivity index (χ2v) is 6.87. The number of carbonyl (C=O) groups excluding carboxylic acids is 1. The van der Waals surface area contributed by atoms with E-state index in [1.165, 1.54) is 32.1 Å². The molecule has 0 aromatic rings. The Balaban J connectivity index is 1.75. The topological polar surface area (TPSA) is 80.0 Å². The van der Waals surface area contributed by atoms with E-state index in [4.69, 9.17) is 10.5 Å². The van der Waals surface area contributed by atoms with E-state index in [0.29, 0.717) is 37.1 Å². The SMILES string of the molecule is CCOC(=O)N1CCC(NC(N)=NCC2(CC)CCCC2)CC1. The van der Waals surface area contributed by atoms with Gasteiger partial charge in [0.05, 0.1) is 6.61 Å². The first-order valence-electron chi connectivity index (χ1n) is 9.07. The van der Waals surface area contributed by atoms with Crippen LogP contribution in [0.2, 0.25) is 0 Å². The first-order valence-corrected chi connectivity index (χ1v) is 9.07. The molecule has 1 aliphatic heterocycles. The zero-order valence-electron chi connectivity index (χ0n) is 14.6. The molecule has 0 unspecified atom stereocenters. The number of amides is 1. The number of guanidine groups is 1. The standard InChI is InChI=1S/C17H32N4O2/c1-3-17(9-5-6-10-17)13-19-15(18)20-14-7-11-21(12-8-14)16(22)23-4-2/h14H,3-13H2,1-2H3,(H3,18,19,20). The molecule has 0 bridgehead atoms. The number of piperidine rings is 1. The second-order valence-electron chi connectivity index (χ2n) is 6.87. The van der Waals surface area contributed by atoms with Crippen LogP contribution in [0.5, 0.6) is 0 Å². The van der Waals surface area contributed by atoms with Crippen molar-refractivity contribution >= 4 is 12.1 Å². The normalized spacial score (nSPS) is 22.2. The number of rotatable bonds is 5. The number of hydrogen-bond acceptors (Lipinski definition) is 3. The summed E-state index contributed by atoms with van der Waals surface area (Å²) >= 11 is 0. The van der Waals surface area contributed by atoms with E-state index in [1.54, 1.807) is 4.90 Å². The van der Waals surface area contributed by atoms with Crippen LogP contribution in [0, 0.1) is 5.41 Å². The number of aliphatic imine (C=N–C) groups is 1. The van der Waals surface area contributed by atoms with Crippen molar-refractivity contribution in [3.63, 3.8) is 0 Å². The second kappa shape index (κ2) is 8.41. The van der Waals surface area contributed by atoms with Crippen molar-refractivity contribution < 1.29 is 9.53 Å². The van der Waals surface area contributed by atoms with Crippen molar-refractivity contribution in [1.29, 1.82) is 0 Å². The molecule has 0 radical (unpaired) electrons. The van der Waals surface area contributed by atoms with Gasteiger partial charge in [0.1, 0.15) is 0 Å². The van der Waals surface area contributed by atoms with Crippen LogP contribution >= 0.6 is 0 Å². The molecule has 0 aromatic heterocycles. The number of carbonyl (C=O) groups is 1. The van der Waals surface area contributed by atoms with Crippen LogP contribution < -0.4 is 11.1 Å². The van der Waals surface area contributed by atoms with Crippen molar-refractivity contribution in [2.75, 3.05) is 26.2 Å². The first-order chi connectivity index (χ1) is 11.1. The van der Waals surface area contributed by atoms with Crippen LogP contribution in [0.25, 0.3) is 0 Å². The van der Waals surface area contributed by atoms with Gasteiger partial charge in [-0.05, 0) is 44.4 Å². The van der Waals surface area contributed by atoms with Gasteiger partial charge >= 0.3 is 6.09 Å². The molecule has 2 fully saturated rings. The van der Waals surface area contributed by atoms with Crippen LogP contribution in [0.15, 0.2) is 4.99 Å². The summed E-state index contributed by atoms with van der Waals surface area (Å²) in [5.74, 6) is 0.555. The van der Waals surface area contributed by atoms with Gasteiger partial charge in [-0.25, -0.2) is 4.79 Å². The predicted octanol–water partition coefficient (Wildman–Crippen LogP) is 2.48. The summed E-state index contributed by atoms with van der Waals surface area (Å²) in [4.78, 5) is 18.0. The molecule has 2 aliphatic rings. The molecule has 23 heavy (non-hydrogen) atoms. The fourth-order valence-electron chi connectivity index (χ4n) is 3.68. The summed E-state index contributed by atoms with van der Waals surface area (Å²) in [7, 11) is 0. The van der Waals surface area contributed by atoms with Crippen LogP contribution in [-0.4, -0.2) is 49.2 Å². The van der Waals surface area contributed by atoms with E-state index in [9.17, 15) is 4.79 Å². The van der Waals surface area contributed by atoms with E-state index in [-0.39, 0.29) is 6.09 Å². The monoisotopic (exact) mass is 324 g/mol. The van der Waals surface area contributed by atoms with Crippen molar-refractivity contribution in [2.24, 2.45) is 16.1 Å². The number of nitrogens with zero attached hydrogens (tertiary/aromatic N) is 2. The van der Waals surface area contributed by atoms with Crippen molar-refractivity contribution in [3.05, 3.63) is 0 Å². The Bertz CT molecular complexity index is 411. The van der Waals surface area contributed by atoms with E-state index < -0.39 is 0 Å². The molecule has 1 amide bonds. The average molecular weight is 324 g/mol. The highest BCUT2D eigenvalue weighted by molar-refractivity contribution is 5.78. The summed E-state index contributed by atoms with van der Waals surface area (Å²) in [6, 6.07) is 0.297. The van der Waals surface area contributed by atoms with Gasteiger partial charge in [0.15, 0.2) is 5.96 Å². The summed E-state index contributed by atoms with van der Waals surface area (Å²) < 4.78 is 5.03. The third-order valence-electron chi connectivity index (χ3n) is 5.37. The van der Waals surface area contributed by atoms with Gasteiger partial charge in [-0.15, -0.1) is 0 Å². The van der Waals surface area contributed by atoms with Gasteiger partial charge in [-0.2, -0.15) is 0 Å². The summed E-state index contributed by atoms with van der Waals surface area (Å²) in [6.45, 7) is 6.78. The average Bonchev–Trinajstić information content (AvgIpc) is 3.03. The van der Waals surface area contributed by atoms with Gasteiger partial charge in [0, 0.05) is 25.7 Å². The molecule has 0 spiro atoms. The third kappa shape index (κ3) is 5.01. The molecule has 0 aromatic carbocycles. The number of nitrogens with one attached hydrogen (secondary N) is 1. The maximum Gasteiger partial charge on any atom is 0.409 e. The minimum atomic E-state index is -0.210. The Morgan fingerprint density at radius 2 is 1.96 bits per heavy atom. The molecule has 1 aliphatic carbocycles. The predicted molar refractivity (Wildman–Crippen MR) is 92.4 cm³/mol. The fourth-order valence-corrected chi connectivity index (χ4v) is 3.68. The molecular weight excluding hydrogens is 292 g/mol. The Hall–Kier alpha value is -1.46. The highest BCUT2D eigenvalue weighted by Crippen LogP contribution is 2.41. The van der Waals surface area contributed by atoms with Crippen LogP contribution in [0.3, 0.4) is 0 Å². The van der Waals surface area contributed by atoms with Crippen LogP contribution in [-0.2, 0) is 4.74 Å². The largest absolute Gasteiger partial charge is 0.450 e. The minimum absolute atomic E-state index is 0.210. The lowest BCUT2D eigenvalue weighted by Crippen LogP contribution is -2.48. The van der Waals surface area contributed by atoms with Gasteiger partial charge < -0.3 is 20.7 Å². The molecular formula is C17H32N4O2. The zero-order valence-corrected chi connectivity index (χ0v) is 14.6. The van der Waals surface area contributed by atoms with E-state index in [2.05, 4.69) is 17.2 Å². The Labute approximate surface area is 139 Å². The van der Waals surface area contributed by atoms with E-state index in [0.717, 1.165) is 19.4 Å². The molecule has 6 nitrogen and oxygen atoms in total. The smallest absolute Gasteiger partial charge is 0.409 e. The van der Waals surface area contributed by atoms with Gasteiger partial charge in [0.2, 0.25) is 0 Å². The third-order valence-corrected chi connectivity index (χ3v) is 5.37.